The number of unbranched alkanes of at least 4 members (excludes halogenated alkanes) is 1. The SMILES string of the molecule is CCCCNc1cccnc1/C=N/C. The molecule has 1 aromatic rings. The predicted molar refractivity (Wildman–Crippen MR) is 61.2 cm³/mol. The number of nitrogens with one attached hydrogen (secondary N) is 1. The highest BCUT2D eigenvalue weighted by atomic mass is 14.9. The third-order valence-corrected chi connectivity index (χ3v) is 1.94. The Labute approximate surface area is 85.3 Å². The lowest BCUT2D eigenvalue weighted by Crippen LogP contribution is -2.04. The summed E-state index contributed by atoms with van der Waals surface area (Å²) in [5.41, 5.74) is 1.97. The molecular formula is C11H17N3. The number of nitrogens with zero attached hydrogens (tertiary/aromatic N) is 2. The lowest BCUT2D eigenvalue weighted by molar-refractivity contribution is 0.833. The fourth-order valence-electron chi connectivity index (χ4n) is 1.19. The second-order valence-electron chi connectivity index (χ2n) is 3.10. The summed E-state index contributed by atoms with van der Waals surface area (Å²) in [6, 6.07) is 3.96. The molecule has 0 aliphatic heterocycles. The second kappa shape index (κ2) is 6.13. The minimum Gasteiger partial charge on any atom is -0.383 e. The molecule has 3 heteroatoms. The fraction of sp³-hybridized carbons (Fsp3) is 0.455. The van der Waals surface area contributed by atoms with Crippen molar-refractivity contribution in [1.29, 1.82) is 0 Å². The second-order valence-corrected chi connectivity index (χ2v) is 3.10. The summed E-state index contributed by atoms with van der Waals surface area (Å²) >= 11 is 0. The summed E-state index contributed by atoms with van der Waals surface area (Å²) in [5.74, 6) is 0. The molecule has 0 fully saturated rings. The van der Waals surface area contributed by atoms with E-state index in [0.717, 1.165) is 17.9 Å². The highest BCUT2D eigenvalue weighted by Crippen LogP contribution is 2.09. The summed E-state index contributed by atoms with van der Waals surface area (Å²) in [5, 5.41) is 3.35. The zero-order valence-corrected chi connectivity index (χ0v) is 8.83. The van der Waals surface area contributed by atoms with E-state index in [1.807, 2.05) is 12.1 Å². The van der Waals surface area contributed by atoms with Crippen LogP contribution in [-0.4, -0.2) is 24.8 Å². The Balaban J connectivity index is 2.64. The van der Waals surface area contributed by atoms with Crippen molar-refractivity contribution in [3.63, 3.8) is 0 Å². The van der Waals surface area contributed by atoms with Gasteiger partial charge in [-0.15, -0.1) is 0 Å². The summed E-state index contributed by atoms with van der Waals surface area (Å²) in [4.78, 5) is 8.20. The topological polar surface area (TPSA) is 37.3 Å². The van der Waals surface area contributed by atoms with Crippen LogP contribution in [0.25, 0.3) is 0 Å². The first-order valence-electron chi connectivity index (χ1n) is 4.99. The van der Waals surface area contributed by atoms with Crippen LogP contribution in [0.5, 0.6) is 0 Å². The average molecular weight is 191 g/mol. The predicted octanol–water partition coefficient (Wildman–Crippen LogP) is 2.34. The number of hydrogen-bond donors (Lipinski definition) is 1. The van der Waals surface area contributed by atoms with E-state index in [1.54, 1.807) is 19.5 Å². The molecule has 0 saturated carbocycles. The first-order valence-corrected chi connectivity index (χ1v) is 4.99. The van der Waals surface area contributed by atoms with Crippen molar-refractivity contribution in [3.05, 3.63) is 24.0 Å². The van der Waals surface area contributed by atoms with Crippen molar-refractivity contribution >= 4 is 11.9 Å². The van der Waals surface area contributed by atoms with Gasteiger partial charge in [-0.1, -0.05) is 13.3 Å². The van der Waals surface area contributed by atoms with E-state index in [-0.39, 0.29) is 0 Å². The molecule has 0 saturated heterocycles. The fourth-order valence-corrected chi connectivity index (χ4v) is 1.19. The Kier molecular flexibility index (Phi) is 4.69. The molecule has 14 heavy (non-hydrogen) atoms. The largest absolute Gasteiger partial charge is 0.383 e. The van der Waals surface area contributed by atoms with Crippen molar-refractivity contribution < 1.29 is 0 Å². The smallest absolute Gasteiger partial charge is 0.104 e. The highest BCUT2D eigenvalue weighted by Gasteiger charge is 1.98. The molecule has 1 heterocycles. The molecule has 1 aromatic heterocycles. The third kappa shape index (κ3) is 3.17. The molecule has 0 unspecified atom stereocenters. The van der Waals surface area contributed by atoms with Gasteiger partial charge in [0, 0.05) is 26.0 Å². The first kappa shape index (κ1) is 10.7. The Morgan fingerprint density at radius 2 is 2.43 bits per heavy atom. The molecule has 1 rings (SSSR count). The van der Waals surface area contributed by atoms with Gasteiger partial charge in [-0.05, 0) is 18.6 Å². The van der Waals surface area contributed by atoms with Gasteiger partial charge in [0.2, 0.25) is 0 Å². The number of anilines is 1. The molecule has 76 valence electrons. The number of aromatic nitrogens is 1. The van der Waals surface area contributed by atoms with Gasteiger partial charge < -0.3 is 5.32 Å². The van der Waals surface area contributed by atoms with Crippen LogP contribution in [0.2, 0.25) is 0 Å². The maximum Gasteiger partial charge on any atom is 0.104 e. The number of hydrogen-bond acceptors (Lipinski definition) is 3. The molecule has 0 amide bonds. The minimum absolute atomic E-state index is 0.908. The van der Waals surface area contributed by atoms with Gasteiger partial charge in [0.25, 0.3) is 0 Å². The summed E-state index contributed by atoms with van der Waals surface area (Å²) in [7, 11) is 1.75. The number of rotatable bonds is 5. The number of aliphatic imine (C=N–C) groups is 1. The van der Waals surface area contributed by atoms with E-state index in [2.05, 4.69) is 22.2 Å². The molecule has 0 aliphatic rings. The van der Waals surface area contributed by atoms with Crippen LogP contribution in [0.3, 0.4) is 0 Å². The third-order valence-electron chi connectivity index (χ3n) is 1.94. The van der Waals surface area contributed by atoms with E-state index in [1.165, 1.54) is 12.8 Å². The zero-order chi connectivity index (χ0) is 10.2. The van der Waals surface area contributed by atoms with Crippen LogP contribution in [0.1, 0.15) is 25.5 Å². The van der Waals surface area contributed by atoms with Gasteiger partial charge in [-0.25, -0.2) is 0 Å². The van der Waals surface area contributed by atoms with Gasteiger partial charge in [-0.2, -0.15) is 0 Å². The Hall–Kier alpha value is -1.38. The summed E-state index contributed by atoms with van der Waals surface area (Å²) in [6.45, 7) is 3.17. The molecule has 0 bridgehead atoms. The van der Waals surface area contributed by atoms with Crippen LogP contribution >= 0.6 is 0 Å². The van der Waals surface area contributed by atoms with Crippen molar-refractivity contribution in [1.82, 2.24) is 4.98 Å². The summed E-state index contributed by atoms with van der Waals surface area (Å²) < 4.78 is 0. The van der Waals surface area contributed by atoms with Crippen LogP contribution < -0.4 is 5.32 Å². The molecule has 0 radical (unpaired) electrons. The van der Waals surface area contributed by atoms with Crippen LogP contribution in [0, 0.1) is 0 Å². The molecule has 0 aromatic carbocycles. The Morgan fingerprint density at radius 3 is 3.14 bits per heavy atom. The average Bonchev–Trinajstić information content (AvgIpc) is 2.21. The van der Waals surface area contributed by atoms with Gasteiger partial charge in [0.15, 0.2) is 0 Å². The van der Waals surface area contributed by atoms with E-state index in [9.17, 15) is 0 Å². The van der Waals surface area contributed by atoms with Crippen molar-refractivity contribution in [3.8, 4) is 0 Å². The van der Waals surface area contributed by atoms with Crippen LogP contribution in [0.15, 0.2) is 23.3 Å². The highest BCUT2D eigenvalue weighted by molar-refractivity contribution is 5.84. The quantitative estimate of drug-likeness (QED) is 0.573. The van der Waals surface area contributed by atoms with Gasteiger partial charge in [-0.3, -0.25) is 9.98 Å². The molecule has 3 nitrogen and oxygen atoms in total. The standard InChI is InChI=1S/C11H17N3/c1-3-4-7-13-10-6-5-8-14-11(10)9-12-2/h5-6,8-9,13H,3-4,7H2,1-2H3/b12-9+. The van der Waals surface area contributed by atoms with Gasteiger partial charge in [0.05, 0.1) is 5.69 Å². The molecular weight excluding hydrogens is 174 g/mol. The Morgan fingerprint density at radius 1 is 1.57 bits per heavy atom. The van der Waals surface area contributed by atoms with E-state index >= 15 is 0 Å². The minimum atomic E-state index is 0.908. The lowest BCUT2D eigenvalue weighted by atomic mass is 10.3. The van der Waals surface area contributed by atoms with Crippen molar-refractivity contribution in [2.24, 2.45) is 4.99 Å². The number of pyridine rings is 1. The maximum absolute atomic E-state index is 4.24. The van der Waals surface area contributed by atoms with Crippen LogP contribution in [0.4, 0.5) is 5.69 Å². The maximum atomic E-state index is 4.24. The van der Waals surface area contributed by atoms with Gasteiger partial charge in [0.1, 0.15) is 5.69 Å². The van der Waals surface area contributed by atoms with Gasteiger partial charge >= 0.3 is 0 Å². The molecule has 0 atom stereocenters. The van der Waals surface area contributed by atoms with Crippen LogP contribution in [-0.2, 0) is 0 Å². The monoisotopic (exact) mass is 191 g/mol. The first-order chi connectivity index (χ1) is 6.88. The zero-order valence-electron chi connectivity index (χ0n) is 8.83. The summed E-state index contributed by atoms with van der Waals surface area (Å²) in [6.07, 6.45) is 5.93. The van der Waals surface area contributed by atoms with E-state index < -0.39 is 0 Å². The van der Waals surface area contributed by atoms with E-state index in [4.69, 9.17) is 0 Å². The van der Waals surface area contributed by atoms with Crippen molar-refractivity contribution in [2.45, 2.75) is 19.8 Å². The van der Waals surface area contributed by atoms with E-state index in [0.29, 0.717) is 0 Å². The lowest BCUT2D eigenvalue weighted by Gasteiger charge is -2.07. The van der Waals surface area contributed by atoms with Crippen molar-refractivity contribution in [2.75, 3.05) is 18.9 Å². The molecule has 0 spiro atoms. The Bertz CT molecular complexity index is 294. The molecule has 0 aliphatic carbocycles. The normalized spacial score (nSPS) is 10.7. The molecule has 1 N–H and O–H groups in total.